The lowest BCUT2D eigenvalue weighted by molar-refractivity contribution is 0.433. The van der Waals surface area contributed by atoms with Crippen molar-refractivity contribution >= 4 is 0 Å². The van der Waals surface area contributed by atoms with E-state index in [1.54, 1.807) is 0 Å². The van der Waals surface area contributed by atoms with Crippen molar-refractivity contribution in [3.63, 3.8) is 0 Å². The van der Waals surface area contributed by atoms with Crippen molar-refractivity contribution in [1.82, 2.24) is 5.32 Å². The molecule has 1 N–H and O–H groups in total. The number of hydrogen-bond donors (Lipinski definition) is 1. The van der Waals surface area contributed by atoms with Crippen molar-refractivity contribution in [1.29, 1.82) is 0 Å². The third-order valence-corrected chi connectivity index (χ3v) is 2.89. The summed E-state index contributed by atoms with van der Waals surface area (Å²) in [7, 11) is 0. The van der Waals surface area contributed by atoms with E-state index in [9.17, 15) is 0 Å². The first kappa shape index (κ1) is 6.66. The number of hydrogen-bond acceptors (Lipinski definition) is 1. The minimum Gasteiger partial charge on any atom is -0.311 e. The van der Waals surface area contributed by atoms with E-state index in [1.165, 1.54) is 19.3 Å². The summed E-state index contributed by atoms with van der Waals surface area (Å²) < 4.78 is 0. The van der Waals surface area contributed by atoms with Gasteiger partial charge in [0.15, 0.2) is 0 Å². The highest BCUT2D eigenvalue weighted by Gasteiger charge is 2.47. The summed E-state index contributed by atoms with van der Waals surface area (Å²) in [6, 6.07) is 1.56. The molecule has 0 aromatic carbocycles. The van der Waals surface area contributed by atoms with Gasteiger partial charge >= 0.3 is 0 Å². The molecule has 0 aliphatic heterocycles. The molecule has 2 saturated carbocycles. The Balaban J connectivity index is 1.82. The van der Waals surface area contributed by atoms with Gasteiger partial charge in [0.2, 0.25) is 0 Å². The Morgan fingerprint density at radius 3 is 2.50 bits per heavy atom. The fourth-order valence-corrected chi connectivity index (χ4v) is 2.34. The van der Waals surface area contributed by atoms with Crippen molar-refractivity contribution in [2.45, 2.75) is 45.2 Å². The average molecular weight is 139 g/mol. The van der Waals surface area contributed by atoms with Crippen molar-refractivity contribution in [2.75, 3.05) is 0 Å². The van der Waals surface area contributed by atoms with Gasteiger partial charge in [-0.05, 0) is 31.1 Å². The summed E-state index contributed by atoms with van der Waals surface area (Å²) in [5, 5.41) is 3.63. The molecule has 0 heterocycles. The van der Waals surface area contributed by atoms with Gasteiger partial charge in [-0.1, -0.05) is 13.8 Å². The second-order valence-corrected chi connectivity index (χ2v) is 4.16. The Morgan fingerprint density at radius 2 is 2.10 bits per heavy atom. The van der Waals surface area contributed by atoms with Crippen molar-refractivity contribution in [2.24, 2.45) is 11.8 Å². The topological polar surface area (TPSA) is 12.0 Å². The first-order valence-corrected chi connectivity index (χ1v) is 4.53. The predicted molar refractivity (Wildman–Crippen MR) is 42.9 cm³/mol. The summed E-state index contributed by atoms with van der Waals surface area (Å²) in [6.45, 7) is 4.49. The first-order chi connectivity index (χ1) is 4.77. The lowest BCUT2D eigenvalue weighted by Crippen LogP contribution is -2.34. The van der Waals surface area contributed by atoms with E-state index in [2.05, 4.69) is 19.2 Å². The molecular weight excluding hydrogens is 122 g/mol. The lowest BCUT2D eigenvalue weighted by Gasteiger charge is -2.16. The molecule has 0 amide bonds. The van der Waals surface area contributed by atoms with Crippen LogP contribution in [-0.2, 0) is 0 Å². The second-order valence-electron chi connectivity index (χ2n) is 4.16. The minimum atomic E-state index is 0.685. The van der Waals surface area contributed by atoms with Crippen LogP contribution in [0.15, 0.2) is 0 Å². The van der Waals surface area contributed by atoms with Gasteiger partial charge in [-0.25, -0.2) is 0 Å². The fourth-order valence-electron chi connectivity index (χ4n) is 2.34. The molecule has 2 rings (SSSR count). The molecule has 1 nitrogen and oxygen atoms in total. The Labute approximate surface area is 63.2 Å². The van der Waals surface area contributed by atoms with Crippen molar-refractivity contribution in [3.05, 3.63) is 0 Å². The number of nitrogens with one attached hydrogen (secondary N) is 1. The maximum absolute atomic E-state index is 3.63. The average Bonchev–Trinajstić information content (AvgIpc) is 2.52. The molecule has 0 bridgehead atoms. The summed E-state index contributed by atoms with van der Waals surface area (Å²) in [5.41, 5.74) is 0. The zero-order valence-corrected chi connectivity index (χ0v) is 6.93. The van der Waals surface area contributed by atoms with Crippen LogP contribution in [0, 0.1) is 11.8 Å². The first-order valence-electron chi connectivity index (χ1n) is 4.53. The lowest BCUT2D eigenvalue weighted by atomic mass is 10.1. The van der Waals surface area contributed by atoms with E-state index in [-0.39, 0.29) is 0 Å². The van der Waals surface area contributed by atoms with Crippen LogP contribution in [0.1, 0.15) is 33.1 Å². The molecule has 10 heavy (non-hydrogen) atoms. The van der Waals surface area contributed by atoms with Crippen LogP contribution in [0.3, 0.4) is 0 Å². The molecule has 2 aliphatic rings. The molecule has 3 unspecified atom stereocenters. The molecular formula is C9H17N. The molecule has 0 spiro atoms. The van der Waals surface area contributed by atoms with Gasteiger partial charge in [-0.15, -0.1) is 0 Å². The summed E-state index contributed by atoms with van der Waals surface area (Å²) in [4.78, 5) is 0. The quantitative estimate of drug-likeness (QED) is 0.615. The zero-order chi connectivity index (χ0) is 7.14. The molecule has 3 atom stereocenters. The van der Waals surface area contributed by atoms with Crippen molar-refractivity contribution < 1.29 is 0 Å². The van der Waals surface area contributed by atoms with Crippen LogP contribution in [0.25, 0.3) is 0 Å². The fraction of sp³-hybridized carbons (Fsp3) is 1.00. The van der Waals surface area contributed by atoms with Gasteiger partial charge in [-0.3, -0.25) is 0 Å². The molecule has 58 valence electrons. The Bertz CT molecular complexity index is 131. The third kappa shape index (κ3) is 1.07. The standard InChI is InChI=1S/C9H17N/c1-6(2)10-9-4-3-7-5-8(7)9/h6-10H,3-5H2,1-2H3. The van der Waals surface area contributed by atoms with E-state index >= 15 is 0 Å². The van der Waals surface area contributed by atoms with E-state index in [4.69, 9.17) is 0 Å². The molecule has 0 radical (unpaired) electrons. The SMILES string of the molecule is CC(C)NC1CCC2CC21. The van der Waals surface area contributed by atoms with Gasteiger partial charge in [0.05, 0.1) is 0 Å². The van der Waals surface area contributed by atoms with Crippen LogP contribution in [-0.4, -0.2) is 12.1 Å². The predicted octanol–water partition coefficient (Wildman–Crippen LogP) is 1.78. The van der Waals surface area contributed by atoms with Gasteiger partial charge in [0, 0.05) is 12.1 Å². The monoisotopic (exact) mass is 139 g/mol. The Kier molecular flexibility index (Phi) is 1.48. The van der Waals surface area contributed by atoms with E-state index < -0.39 is 0 Å². The highest BCUT2D eigenvalue weighted by Crippen LogP contribution is 2.51. The van der Waals surface area contributed by atoms with E-state index in [1.807, 2.05) is 0 Å². The van der Waals surface area contributed by atoms with Crippen molar-refractivity contribution in [3.8, 4) is 0 Å². The highest BCUT2D eigenvalue weighted by molar-refractivity contribution is 5.01. The van der Waals surface area contributed by atoms with Crippen LogP contribution < -0.4 is 5.32 Å². The Morgan fingerprint density at radius 1 is 1.30 bits per heavy atom. The molecule has 1 heteroatoms. The maximum Gasteiger partial charge on any atom is 0.0100 e. The number of fused-ring (bicyclic) bond motifs is 1. The normalized spacial score (nSPS) is 44.1. The summed E-state index contributed by atoms with van der Waals surface area (Å²) >= 11 is 0. The van der Waals surface area contributed by atoms with E-state index in [0.717, 1.165) is 17.9 Å². The minimum absolute atomic E-state index is 0.685. The largest absolute Gasteiger partial charge is 0.311 e. The second kappa shape index (κ2) is 2.23. The molecule has 2 aliphatic carbocycles. The van der Waals surface area contributed by atoms with E-state index in [0.29, 0.717) is 6.04 Å². The van der Waals surface area contributed by atoms with Gasteiger partial charge in [-0.2, -0.15) is 0 Å². The van der Waals surface area contributed by atoms with Gasteiger partial charge < -0.3 is 5.32 Å². The van der Waals surface area contributed by atoms with Gasteiger partial charge in [0.25, 0.3) is 0 Å². The highest BCUT2D eigenvalue weighted by atomic mass is 15.0. The van der Waals surface area contributed by atoms with Crippen LogP contribution in [0.4, 0.5) is 0 Å². The molecule has 0 aromatic heterocycles. The maximum atomic E-state index is 3.63. The smallest absolute Gasteiger partial charge is 0.0100 e. The summed E-state index contributed by atoms with van der Waals surface area (Å²) in [5.74, 6) is 2.19. The van der Waals surface area contributed by atoms with Crippen LogP contribution in [0.5, 0.6) is 0 Å². The molecule has 0 saturated heterocycles. The van der Waals surface area contributed by atoms with Crippen LogP contribution in [0.2, 0.25) is 0 Å². The molecule has 0 aromatic rings. The number of rotatable bonds is 2. The van der Waals surface area contributed by atoms with Gasteiger partial charge in [0.1, 0.15) is 0 Å². The van der Waals surface area contributed by atoms with Crippen LogP contribution >= 0.6 is 0 Å². The third-order valence-electron chi connectivity index (χ3n) is 2.89. The Hall–Kier alpha value is -0.0400. The zero-order valence-electron chi connectivity index (χ0n) is 6.93. The molecule has 2 fully saturated rings. The summed E-state index contributed by atoms with van der Waals surface area (Å²) in [6.07, 6.45) is 4.45.